The number of hydrogen-bond donors (Lipinski definition) is 1. The maximum atomic E-state index is 11.0. The minimum atomic E-state index is -0.167. The minimum Gasteiger partial charge on any atom is -0.458 e. The minimum absolute atomic E-state index is 0.0122. The Labute approximate surface area is 117 Å². The van der Waals surface area contributed by atoms with Crippen LogP contribution in [-0.4, -0.2) is 11.8 Å². The molecule has 0 heterocycles. The number of carbonyl (C=O) groups excluding carboxylic acids is 1. The molecular formula is C15H16ClNO2. The molecule has 0 atom stereocenters. The monoisotopic (exact) mass is 277 g/mol. The molecule has 1 N–H and O–H groups in total. The van der Waals surface area contributed by atoms with Gasteiger partial charge in [0.05, 0.1) is 0 Å². The van der Waals surface area contributed by atoms with E-state index in [1.807, 2.05) is 30.3 Å². The highest BCUT2D eigenvalue weighted by Crippen LogP contribution is 2.18. The van der Waals surface area contributed by atoms with Gasteiger partial charge in [-0.3, -0.25) is 4.79 Å². The third-order valence-electron chi connectivity index (χ3n) is 2.73. The van der Waals surface area contributed by atoms with Crippen LogP contribution in [0.15, 0.2) is 48.3 Å². The van der Waals surface area contributed by atoms with Crippen molar-refractivity contribution in [1.29, 1.82) is 0 Å². The van der Waals surface area contributed by atoms with Crippen LogP contribution in [0.2, 0.25) is 0 Å². The molecule has 0 saturated carbocycles. The molecule has 0 unspecified atom stereocenters. The first-order valence-electron chi connectivity index (χ1n) is 6.24. The highest BCUT2D eigenvalue weighted by atomic mass is 35.5. The van der Waals surface area contributed by atoms with Gasteiger partial charge in [-0.1, -0.05) is 18.2 Å². The van der Waals surface area contributed by atoms with Crippen LogP contribution in [0.5, 0.6) is 5.75 Å². The predicted octanol–water partition coefficient (Wildman–Crippen LogP) is 3.15. The third-order valence-corrected chi connectivity index (χ3v) is 2.97. The molecule has 0 radical (unpaired) electrons. The van der Waals surface area contributed by atoms with Crippen LogP contribution in [0.25, 0.3) is 0 Å². The van der Waals surface area contributed by atoms with E-state index >= 15 is 0 Å². The highest BCUT2D eigenvalue weighted by molar-refractivity contribution is 6.27. The van der Waals surface area contributed by atoms with E-state index in [0.717, 1.165) is 29.9 Å². The zero-order valence-electron chi connectivity index (χ0n) is 10.6. The Kier molecular flexibility index (Phi) is 5.04. The quantitative estimate of drug-likeness (QED) is 0.840. The molecule has 2 rings (SSSR count). The lowest BCUT2D eigenvalue weighted by Gasteiger charge is -2.10. The molecule has 19 heavy (non-hydrogen) atoms. The Hall–Kier alpha value is -1.74. The van der Waals surface area contributed by atoms with E-state index in [1.165, 1.54) is 0 Å². The van der Waals surface area contributed by atoms with Gasteiger partial charge in [0.15, 0.2) is 0 Å². The zero-order valence-corrected chi connectivity index (χ0v) is 11.3. The topological polar surface area (TPSA) is 38.3 Å². The summed E-state index contributed by atoms with van der Waals surface area (Å²) in [5, 5.41) is 2.72. The van der Waals surface area contributed by atoms with Crippen LogP contribution in [0.3, 0.4) is 0 Å². The van der Waals surface area contributed by atoms with Gasteiger partial charge in [0.2, 0.25) is 5.91 Å². The van der Waals surface area contributed by atoms with E-state index in [1.54, 1.807) is 0 Å². The van der Waals surface area contributed by atoms with Crippen molar-refractivity contribution in [2.45, 2.75) is 19.4 Å². The molecule has 0 aromatic heterocycles. The molecule has 0 bridgehead atoms. The van der Waals surface area contributed by atoms with E-state index in [4.69, 9.17) is 16.3 Å². The summed E-state index contributed by atoms with van der Waals surface area (Å²) in [6.45, 7) is 0.481. The molecule has 1 aromatic carbocycles. The van der Waals surface area contributed by atoms with Gasteiger partial charge in [-0.15, -0.1) is 11.6 Å². The summed E-state index contributed by atoms with van der Waals surface area (Å²) in [4.78, 5) is 11.0. The van der Waals surface area contributed by atoms with Crippen molar-refractivity contribution in [3.8, 4) is 5.75 Å². The van der Waals surface area contributed by atoms with Crippen molar-refractivity contribution in [2.75, 3.05) is 5.88 Å². The normalized spacial score (nSPS) is 13.8. The first kappa shape index (κ1) is 13.7. The number of carbonyl (C=O) groups is 1. The molecular weight excluding hydrogens is 262 g/mol. The molecule has 3 nitrogen and oxygen atoms in total. The summed E-state index contributed by atoms with van der Waals surface area (Å²) in [6, 6.07) is 7.64. The Bertz CT molecular complexity index is 491. The summed E-state index contributed by atoms with van der Waals surface area (Å²) in [5.41, 5.74) is 1.01. The van der Waals surface area contributed by atoms with Crippen LogP contribution in [0.4, 0.5) is 0 Å². The standard InChI is InChI=1S/C15H16ClNO2/c16-10-15(18)17-11-12-6-8-14(9-7-12)19-13-4-2-1-3-5-13/h2,4-9H,1,3,10-11H2,(H,17,18). The Morgan fingerprint density at radius 3 is 2.68 bits per heavy atom. The first-order chi connectivity index (χ1) is 9.28. The van der Waals surface area contributed by atoms with Gasteiger partial charge >= 0.3 is 0 Å². The fraction of sp³-hybridized carbons (Fsp3) is 0.267. The van der Waals surface area contributed by atoms with Crippen LogP contribution in [0.1, 0.15) is 18.4 Å². The van der Waals surface area contributed by atoms with Crippen LogP contribution in [0, 0.1) is 0 Å². The molecule has 0 aliphatic heterocycles. The van der Waals surface area contributed by atoms with Gasteiger partial charge in [-0.25, -0.2) is 0 Å². The van der Waals surface area contributed by atoms with E-state index in [0.29, 0.717) is 6.54 Å². The van der Waals surface area contributed by atoms with Gasteiger partial charge in [0, 0.05) is 6.54 Å². The molecule has 1 aliphatic rings. The maximum Gasteiger partial charge on any atom is 0.235 e. The Balaban J connectivity index is 1.89. The molecule has 1 aromatic rings. The summed E-state index contributed by atoms with van der Waals surface area (Å²) >= 11 is 5.41. The van der Waals surface area contributed by atoms with Crippen molar-refractivity contribution in [1.82, 2.24) is 5.32 Å². The second-order valence-electron chi connectivity index (χ2n) is 4.24. The summed E-state index contributed by atoms with van der Waals surface area (Å²) in [6.07, 6.45) is 8.26. The van der Waals surface area contributed by atoms with Gasteiger partial charge in [0.25, 0.3) is 0 Å². The number of nitrogens with one attached hydrogen (secondary N) is 1. The SMILES string of the molecule is O=C(CCl)NCc1ccc(OC2=CCCC=C2)cc1. The molecule has 100 valence electrons. The van der Waals surface area contributed by atoms with Crippen LogP contribution < -0.4 is 10.1 Å². The molecule has 0 fully saturated rings. The first-order valence-corrected chi connectivity index (χ1v) is 6.77. The number of amides is 1. The second-order valence-corrected chi connectivity index (χ2v) is 4.51. The summed E-state index contributed by atoms with van der Waals surface area (Å²) in [7, 11) is 0. The largest absolute Gasteiger partial charge is 0.458 e. The smallest absolute Gasteiger partial charge is 0.235 e. The average Bonchev–Trinajstić information content (AvgIpc) is 2.47. The van der Waals surface area contributed by atoms with Crippen molar-refractivity contribution in [3.63, 3.8) is 0 Å². The van der Waals surface area contributed by atoms with Crippen LogP contribution >= 0.6 is 11.6 Å². The van der Waals surface area contributed by atoms with E-state index in [2.05, 4.69) is 17.5 Å². The number of hydrogen-bond acceptors (Lipinski definition) is 2. The highest BCUT2D eigenvalue weighted by Gasteiger charge is 2.02. The lowest BCUT2D eigenvalue weighted by Crippen LogP contribution is -2.23. The third kappa shape index (κ3) is 4.45. The van der Waals surface area contributed by atoms with Crippen LogP contribution in [-0.2, 0) is 11.3 Å². The number of ether oxygens (including phenoxy) is 1. The van der Waals surface area contributed by atoms with E-state index in [-0.39, 0.29) is 11.8 Å². The van der Waals surface area contributed by atoms with Crippen molar-refractivity contribution >= 4 is 17.5 Å². The van der Waals surface area contributed by atoms with Crippen molar-refractivity contribution < 1.29 is 9.53 Å². The Morgan fingerprint density at radius 2 is 2.05 bits per heavy atom. The number of benzene rings is 1. The van der Waals surface area contributed by atoms with E-state index < -0.39 is 0 Å². The number of alkyl halides is 1. The summed E-state index contributed by atoms with van der Waals surface area (Å²) in [5.74, 6) is 1.50. The summed E-state index contributed by atoms with van der Waals surface area (Å²) < 4.78 is 5.72. The van der Waals surface area contributed by atoms with E-state index in [9.17, 15) is 4.79 Å². The number of allylic oxidation sites excluding steroid dienone is 3. The molecule has 1 aliphatic carbocycles. The van der Waals surface area contributed by atoms with Gasteiger partial charge in [-0.05, 0) is 42.7 Å². The molecule has 4 heteroatoms. The van der Waals surface area contributed by atoms with Gasteiger partial charge in [-0.2, -0.15) is 0 Å². The molecule has 0 spiro atoms. The van der Waals surface area contributed by atoms with Gasteiger partial charge < -0.3 is 10.1 Å². The van der Waals surface area contributed by atoms with Crippen molar-refractivity contribution in [2.24, 2.45) is 0 Å². The maximum absolute atomic E-state index is 11.0. The lowest BCUT2D eigenvalue weighted by molar-refractivity contribution is -0.118. The zero-order chi connectivity index (χ0) is 13.5. The van der Waals surface area contributed by atoms with Crippen molar-refractivity contribution in [3.05, 3.63) is 53.8 Å². The van der Waals surface area contributed by atoms with Gasteiger partial charge in [0.1, 0.15) is 17.4 Å². The average molecular weight is 278 g/mol. The second kappa shape index (κ2) is 7.00. The molecule has 0 saturated heterocycles. The molecule has 1 amide bonds. The fourth-order valence-corrected chi connectivity index (χ4v) is 1.82. The lowest BCUT2D eigenvalue weighted by atomic mass is 10.2. The fourth-order valence-electron chi connectivity index (χ4n) is 1.72. The predicted molar refractivity (Wildman–Crippen MR) is 76.1 cm³/mol. The number of halogens is 1. The Morgan fingerprint density at radius 1 is 1.26 bits per heavy atom. The number of rotatable bonds is 5.